The predicted octanol–water partition coefficient (Wildman–Crippen LogP) is -0.0851. The second-order valence-corrected chi connectivity index (χ2v) is 4.78. The number of hydrogen-bond acceptors (Lipinski definition) is 4. The van der Waals surface area contributed by atoms with E-state index in [1.165, 1.54) is 4.68 Å². The first-order chi connectivity index (χ1) is 7.80. The zero-order valence-corrected chi connectivity index (χ0v) is 10.2. The van der Waals surface area contributed by atoms with Gasteiger partial charge in [0.05, 0.1) is 6.20 Å². The van der Waals surface area contributed by atoms with E-state index in [0.29, 0.717) is 5.82 Å². The Balaban J connectivity index is 2.55. The van der Waals surface area contributed by atoms with E-state index in [-0.39, 0.29) is 18.7 Å². The molecule has 0 unspecified atom stereocenters. The number of nitrogens with one attached hydrogen (secondary N) is 1. The Morgan fingerprint density at radius 1 is 1.47 bits per heavy atom. The third kappa shape index (κ3) is 4.26. The molecular formula is C11H16N3O3-. The summed E-state index contributed by atoms with van der Waals surface area (Å²) in [5.74, 6) is -0.803. The molecule has 94 valence electrons. The fourth-order valence-electron chi connectivity index (χ4n) is 1.57. The Kier molecular flexibility index (Phi) is 3.88. The van der Waals surface area contributed by atoms with Gasteiger partial charge in [-0.1, -0.05) is 13.8 Å². The average Bonchev–Trinajstić information content (AvgIpc) is 2.47. The van der Waals surface area contributed by atoms with Crippen molar-refractivity contribution in [1.82, 2.24) is 9.78 Å². The Morgan fingerprint density at radius 3 is 2.59 bits per heavy atom. The number of nitrogens with zero attached hydrogens (tertiary/aromatic N) is 2. The summed E-state index contributed by atoms with van der Waals surface area (Å²) >= 11 is 0. The molecule has 0 aromatic carbocycles. The number of anilines is 1. The van der Waals surface area contributed by atoms with Crippen LogP contribution in [0, 0.1) is 5.41 Å². The summed E-state index contributed by atoms with van der Waals surface area (Å²) in [4.78, 5) is 22.2. The van der Waals surface area contributed by atoms with Crippen molar-refractivity contribution in [3.63, 3.8) is 0 Å². The first-order valence-electron chi connectivity index (χ1n) is 5.28. The highest BCUT2D eigenvalue weighted by Crippen LogP contribution is 2.25. The molecule has 0 aliphatic carbocycles. The average molecular weight is 238 g/mol. The maximum absolute atomic E-state index is 11.7. The molecule has 6 nitrogen and oxygen atoms in total. The zero-order valence-electron chi connectivity index (χ0n) is 10.2. The third-order valence-corrected chi connectivity index (χ3v) is 2.35. The summed E-state index contributed by atoms with van der Waals surface area (Å²) in [6.07, 6.45) is 1.54. The lowest BCUT2D eigenvalue weighted by atomic mass is 9.85. The van der Waals surface area contributed by atoms with Gasteiger partial charge in [0.15, 0.2) is 0 Å². The molecule has 0 radical (unpaired) electrons. The number of carbonyl (C=O) groups is 2. The van der Waals surface area contributed by atoms with Crippen LogP contribution in [0.15, 0.2) is 12.3 Å². The number of carboxylic acids is 1. The highest BCUT2D eigenvalue weighted by Gasteiger charge is 2.22. The lowest BCUT2D eigenvalue weighted by Crippen LogP contribution is -2.31. The molecule has 1 aromatic heterocycles. The zero-order chi connectivity index (χ0) is 13.1. The van der Waals surface area contributed by atoms with Gasteiger partial charge in [-0.25, -0.2) is 0 Å². The predicted molar refractivity (Wildman–Crippen MR) is 59.9 cm³/mol. The molecule has 17 heavy (non-hydrogen) atoms. The monoisotopic (exact) mass is 238 g/mol. The van der Waals surface area contributed by atoms with E-state index in [1.54, 1.807) is 33.2 Å². The molecule has 0 fully saturated rings. The second kappa shape index (κ2) is 4.99. The van der Waals surface area contributed by atoms with Crippen molar-refractivity contribution in [2.45, 2.75) is 26.7 Å². The van der Waals surface area contributed by atoms with Crippen LogP contribution in [0.1, 0.15) is 26.7 Å². The summed E-state index contributed by atoms with van der Waals surface area (Å²) in [6.45, 7) is 3.43. The van der Waals surface area contributed by atoms with Gasteiger partial charge in [0.25, 0.3) is 0 Å². The van der Waals surface area contributed by atoms with E-state index >= 15 is 0 Å². The maximum atomic E-state index is 11.7. The number of aliphatic carboxylic acids is 1. The van der Waals surface area contributed by atoms with Gasteiger partial charge in [-0.15, -0.1) is 0 Å². The molecule has 0 atom stereocenters. The minimum atomic E-state index is -1.15. The smallest absolute Gasteiger partial charge is 0.226 e. The molecule has 6 heteroatoms. The van der Waals surface area contributed by atoms with Gasteiger partial charge >= 0.3 is 0 Å². The minimum absolute atomic E-state index is 0.117. The Hall–Kier alpha value is -1.85. The van der Waals surface area contributed by atoms with E-state index in [0.717, 1.165) is 0 Å². The number of amides is 1. The lowest BCUT2D eigenvalue weighted by Gasteiger charge is -2.24. The third-order valence-electron chi connectivity index (χ3n) is 2.35. The van der Waals surface area contributed by atoms with Gasteiger partial charge in [0, 0.05) is 25.5 Å². The van der Waals surface area contributed by atoms with Crippen LogP contribution < -0.4 is 10.4 Å². The molecular weight excluding hydrogens is 222 g/mol. The molecule has 0 saturated heterocycles. The Labute approximate surface area is 99.6 Å². The van der Waals surface area contributed by atoms with Gasteiger partial charge < -0.3 is 15.2 Å². The summed E-state index contributed by atoms with van der Waals surface area (Å²) in [7, 11) is 1.71. The minimum Gasteiger partial charge on any atom is -0.550 e. The van der Waals surface area contributed by atoms with E-state index in [4.69, 9.17) is 0 Å². The normalized spacial score (nSPS) is 11.2. The first-order valence-corrected chi connectivity index (χ1v) is 5.28. The van der Waals surface area contributed by atoms with Crippen molar-refractivity contribution >= 4 is 17.7 Å². The highest BCUT2D eigenvalue weighted by atomic mass is 16.4. The quantitative estimate of drug-likeness (QED) is 0.777. The molecule has 0 aliphatic heterocycles. The van der Waals surface area contributed by atoms with Crippen LogP contribution in [0.3, 0.4) is 0 Å². The molecule has 1 rings (SSSR count). The van der Waals surface area contributed by atoms with Crippen molar-refractivity contribution < 1.29 is 14.7 Å². The summed E-state index contributed by atoms with van der Waals surface area (Å²) in [5, 5.41) is 17.1. The van der Waals surface area contributed by atoms with Gasteiger partial charge in [-0.3, -0.25) is 9.48 Å². The number of rotatable bonds is 5. The fourth-order valence-corrected chi connectivity index (χ4v) is 1.57. The molecule has 1 aromatic rings. The van der Waals surface area contributed by atoms with E-state index in [1.807, 2.05) is 0 Å². The number of carbonyl (C=O) groups excluding carboxylic acids is 2. The number of carboxylic acid groups (broad SMARTS) is 1. The van der Waals surface area contributed by atoms with Gasteiger partial charge in [-0.05, 0) is 11.8 Å². The number of aromatic nitrogens is 2. The largest absolute Gasteiger partial charge is 0.550 e. The van der Waals surface area contributed by atoms with E-state index < -0.39 is 11.4 Å². The Morgan fingerprint density at radius 2 is 2.12 bits per heavy atom. The fraction of sp³-hybridized carbons (Fsp3) is 0.545. The lowest BCUT2D eigenvalue weighted by molar-refractivity contribution is -0.307. The molecule has 1 heterocycles. The van der Waals surface area contributed by atoms with Gasteiger partial charge in [0.2, 0.25) is 5.91 Å². The standard InChI is InChI=1S/C11H17N3O3/c1-11(2,7-10(16)17)6-9(15)13-8-4-5-12-14(8)3/h4-5H,6-7H2,1-3H3,(H,13,15)(H,16,17)/p-1. The van der Waals surface area contributed by atoms with Crippen LogP contribution in [0.5, 0.6) is 0 Å². The van der Waals surface area contributed by atoms with E-state index in [2.05, 4.69) is 10.4 Å². The topological polar surface area (TPSA) is 87.0 Å². The van der Waals surface area contributed by atoms with E-state index in [9.17, 15) is 14.7 Å². The van der Waals surface area contributed by atoms with Crippen LogP contribution in [0.25, 0.3) is 0 Å². The summed E-state index contributed by atoms with van der Waals surface area (Å²) in [6, 6.07) is 1.67. The molecule has 0 bridgehead atoms. The molecule has 0 spiro atoms. The Bertz CT molecular complexity index is 423. The summed E-state index contributed by atoms with van der Waals surface area (Å²) in [5.41, 5.74) is -0.624. The van der Waals surface area contributed by atoms with Crippen LogP contribution in [0.4, 0.5) is 5.82 Å². The second-order valence-electron chi connectivity index (χ2n) is 4.78. The number of hydrogen-bond donors (Lipinski definition) is 1. The van der Waals surface area contributed by atoms with Gasteiger partial charge in [-0.2, -0.15) is 5.10 Å². The van der Waals surface area contributed by atoms with Gasteiger partial charge in [0.1, 0.15) is 5.82 Å². The molecule has 1 amide bonds. The van der Waals surface area contributed by atoms with Crippen LogP contribution >= 0.6 is 0 Å². The SMILES string of the molecule is Cn1nccc1NC(=O)CC(C)(C)CC(=O)[O-]. The summed E-state index contributed by atoms with van der Waals surface area (Å²) < 4.78 is 1.53. The molecule has 1 N–H and O–H groups in total. The first kappa shape index (κ1) is 13.2. The van der Waals surface area contributed by atoms with Crippen molar-refractivity contribution in [3.8, 4) is 0 Å². The highest BCUT2D eigenvalue weighted by molar-refractivity contribution is 5.90. The molecule has 0 aliphatic rings. The van der Waals surface area contributed by atoms with Crippen molar-refractivity contribution in [2.24, 2.45) is 12.5 Å². The maximum Gasteiger partial charge on any atom is 0.226 e. The van der Waals surface area contributed by atoms with Crippen molar-refractivity contribution in [1.29, 1.82) is 0 Å². The van der Waals surface area contributed by atoms with Crippen LogP contribution in [-0.2, 0) is 16.6 Å². The van der Waals surface area contributed by atoms with Crippen LogP contribution in [0.2, 0.25) is 0 Å². The van der Waals surface area contributed by atoms with Crippen LogP contribution in [-0.4, -0.2) is 21.7 Å². The van der Waals surface area contributed by atoms with Crippen molar-refractivity contribution in [2.75, 3.05) is 5.32 Å². The number of aryl methyl sites for hydroxylation is 1. The molecule has 0 saturated carbocycles. The van der Waals surface area contributed by atoms with Crippen molar-refractivity contribution in [3.05, 3.63) is 12.3 Å².